The van der Waals surface area contributed by atoms with Crippen molar-refractivity contribution in [2.24, 2.45) is 0 Å². The van der Waals surface area contributed by atoms with Gasteiger partial charge in [0.05, 0.1) is 17.1 Å². The highest BCUT2D eigenvalue weighted by atomic mass is 32.1. The van der Waals surface area contributed by atoms with Crippen molar-refractivity contribution < 1.29 is 22.8 Å². The van der Waals surface area contributed by atoms with E-state index >= 15 is 0 Å². The number of fused-ring (bicyclic) bond motifs is 1. The number of carbonyl (C=O) groups excluding carboxylic acids is 2. The van der Waals surface area contributed by atoms with Gasteiger partial charge in [-0.2, -0.15) is 24.5 Å². The smallest absolute Gasteiger partial charge is 0.351 e. The van der Waals surface area contributed by atoms with Gasteiger partial charge in [-0.15, -0.1) is 0 Å². The molecule has 4 rings (SSSR count). The molecule has 0 aliphatic carbocycles. The van der Waals surface area contributed by atoms with Crippen molar-refractivity contribution in [3.63, 3.8) is 0 Å². The Morgan fingerprint density at radius 3 is 2.55 bits per heavy atom. The highest BCUT2D eigenvalue weighted by Gasteiger charge is 2.34. The second-order valence-corrected chi connectivity index (χ2v) is 8.07. The van der Waals surface area contributed by atoms with Crippen molar-refractivity contribution in [3.05, 3.63) is 87.9 Å². The standard InChI is InChI=1S/C23H19F3N4O2S/c24-23(25,26)22-28-17-7-6-15(12-18(17)29-22)20(14-4-2-1-3-5-14)30-19(31)8-10-27-21(32)16-9-11-33-13-16/h1-7,9,11-13,20H,8,10H2,(H,27,32)(H,28,29)(H,30,31). The number of halogens is 3. The zero-order valence-electron chi connectivity index (χ0n) is 17.1. The van der Waals surface area contributed by atoms with Crippen LogP contribution in [0.25, 0.3) is 11.0 Å². The van der Waals surface area contributed by atoms with Crippen LogP contribution in [0.3, 0.4) is 0 Å². The van der Waals surface area contributed by atoms with Crippen LogP contribution in [0.4, 0.5) is 13.2 Å². The van der Waals surface area contributed by atoms with Gasteiger partial charge in [0.2, 0.25) is 11.7 Å². The summed E-state index contributed by atoms with van der Waals surface area (Å²) in [6, 6.07) is 14.9. The van der Waals surface area contributed by atoms with Crippen molar-refractivity contribution >= 4 is 34.2 Å². The summed E-state index contributed by atoms with van der Waals surface area (Å²) >= 11 is 1.41. The minimum Gasteiger partial charge on any atom is -0.351 e. The summed E-state index contributed by atoms with van der Waals surface area (Å²) in [4.78, 5) is 30.6. The number of benzene rings is 2. The average molecular weight is 472 g/mol. The molecule has 3 N–H and O–H groups in total. The molecule has 2 heterocycles. The Balaban J connectivity index is 1.51. The predicted octanol–water partition coefficient (Wildman–Crippen LogP) is 4.67. The molecule has 4 aromatic rings. The van der Waals surface area contributed by atoms with E-state index in [2.05, 4.69) is 20.6 Å². The van der Waals surface area contributed by atoms with Gasteiger partial charge in [-0.05, 0) is 34.7 Å². The maximum absolute atomic E-state index is 13.0. The number of hydrogen-bond acceptors (Lipinski definition) is 4. The highest BCUT2D eigenvalue weighted by molar-refractivity contribution is 7.08. The molecule has 33 heavy (non-hydrogen) atoms. The van der Waals surface area contributed by atoms with Gasteiger partial charge in [-0.3, -0.25) is 9.59 Å². The minimum absolute atomic E-state index is 0.0454. The van der Waals surface area contributed by atoms with Gasteiger partial charge < -0.3 is 15.6 Å². The molecule has 6 nitrogen and oxygen atoms in total. The van der Waals surface area contributed by atoms with Gasteiger partial charge in [0.15, 0.2) is 0 Å². The number of H-pyrrole nitrogens is 1. The van der Waals surface area contributed by atoms with E-state index in [1.807, 2.05) is 30.3 Å². The zero-order chi connectivity index (χ0) is 23.4. The molecule has 0 fully saturated rings. The molecule has 2 aromatic heterocycles. The number of aromatic amines is 1. The van der Waals surface area contributed by atoms with Crippen LogP contribution >= 0.6 is 11.3 Å². The SMILES string of the molecule is O=C(CCNC(=O)c1ccsc1)NC(c1ccccc1)c1ccc2nc(C(F)(F)F)[nH]c2c1. The van der Waals surface area contributed by atoms with E-state index in [9.17, 15) is 22.8 Å². The van der Waals surface area contributed by atoms with Crippen LogP contribution in [0.1, 0.15) is 39.8 Å². The normalized spacial score (nSPS) is 12.5. The third kappa shape index (κ3) is 5.40. The fourth-order valence-electron chi connectivity index (χ4n) is 3.36. The van der Waals surface area contributed by atoms with E-state index in [-0.39, 0.29) is 35.8 Å². The van der Waals surface area contributed by atoms with E-state index in [4.69, 9.17) is 0 Å². The van der Waals surface area contributed by atoms with Crippen molar-refractivity contribution in [3.8, 4) is 0 Å². The predicted molar refractivity (Wildman–Crippen MR) is 119 cm³/mol. The van der Waals surface area contributed by atoms with Crippen molar-refractivity contribution in [1.82, 2.24) is 20.6 Å². The van der Waals surface area contributed by atoms with E-state index in [0.29, 0.717) is 11.1 Å². The Kier molecular flexibility index (Phi) is 6.45. The van der Waals surface area contributed by atoms with E-state index in [0.717, 1.165) is 5.56 Å². The molecule has 170 valence electrons. The van der Waals surface area contributed by atoms with E-state index in [1.165, 1.54) is 17.4 Å². The van der Waals surface area contributed by atoms with Crippen molar-refractivity contribution in [2.75, 3.05) is 6.54 Å². The minimum atomic E-state index is -4.58. The number of hydrogen-bond donors (Lipinski definition) is 3. The lowest BCUT2D eigenvalue weighted by Crippen LogP contribution is -2.33. The molecule has 0 spiro atoms. The van der Waals surface area contributed by atoms with Gasteiger partial charge >= 0.3 is 6.18 Å². The van der Waals surface area contributed by atoms with Crippen LogP contribution in [0, 0.1) is 0 Å². The number of thiophene rings is 1. The van der Waals surface area contributed by atoms with Crippen LogP contribution in [0.2, 0.25) is 0 Å². The maximum atomic E-state index is 13.0. The molecule has 1 unspecified atom stereocenters. The lowest BCUT2D eigenvalue weighted by Gasteiger charge is -2.20. The Morgan fingerprint density at radius 1 is 1.06 bits per heavy atom. The maximum Gasteiger partial charge on any atom is 0.449 e. The summed E-state index contributed by atoms with van der Waals surface area (Å²) in [6.45, 7) is 0.149. The zero-order valence-corrected chi connectivity index (χ0v) is 18.0. The average Bonchev–Trinajstić information content (AvgIpc) is 3.47. The molecule has 1 atom stereocenters. The second-order valence-electron chi connectivity index (χ2n) is 7.29. The monoisotopic (exact) mass is 472 g/mol. The Morgan fingerprint density at radius 2 is 1.85 bits per heavy atom. The lowest BCUT2D eigenvalue weighted by atomic mass is 9.98. The highest BCUT2D eigenvalue weighted by Crippen LogP contribution is 2.30. The van der Waals surface area contributed by atoms with E-state index in [1.54, 1.807) is 29.0 Å². The van der Waals surface area contributed by atoms with Gasteiger partial charge in [0.1, 0.15) is 0 Å². The van der Waals surface area contributed by atoms with Crippen LogP contribution in [-0.4, -0.2) is 28.3 Å². The molecule has 0 saturated heterocycles. The molecule has 0 aliphatic heterocycles. The third-order valence-electron chi connectivity index (χ3n) is 4.97. The van der Waals surface area contributed by atoms with Crippen LogP contribution in [-0.2, 0) is 11.0 Å². The Labute approximate surface area is 190 Å². The summed E-state index contributed by atoms with van der Waals surface area (Å²) in [7, 11) is 0. The number of rotatable bonds is 7. The first-order valence-electron chi connectivity index (χ1n) is 10.0. The first-order valence-corrected chi connectivity index (χ1v) is 11.0. The van der Waals surface area contributed by atoms with Gasteiger partial charge in [0, 0.05) is 23.9 Å². The van der Waals surface area contributed by atoms with E-state index < -0.39 is 18.0 Å². The molecule has 0 saturated carbocycles. The van der Waals surface area contributed by atoms with Gasteiger partial charge in [-0.1, -0.05) is 36.4 Å². The summed E-state index contributed by atoms with van der Waals surface area (Å²) in [5.74, 6) is -1.64. The molecular formula is C23H19F3N4O2S. The molecule has 2 aromatic carbocycles. The van der Waals surface area contributed by atoms with Crippen LogP contribution in [0.5, 0.6) is 0 Å². The number of alkyl halides is 3. The number of aromatic nitrogens is 2. The fraction of sp³-hybridized carbons (Fsp3) is 0.174. The van der Waals surface area contributed by atoms with Crippen LogP contribution < -0.4 is 10.6 Å². The molecule has 0 aliphatic rings. The Hall–Kier alpha value is -3.66. The van der Waals surface area contributed by atoms with Gasteiger partial charge in [-0.25, -0.2) is 4.98 Å². The number of imidazole rings is 1. The fourth-order valence-corrected chi connectivity index (χ4v) is 4.00. The van der Waals surface area contributed by atoms with Gasteiger partial charge in [0.25, 0.3) is 5.91 Å². The summed E-state index contributed by atoms with van der Waals surface area (Å²) in [5.41, 5.74) is 2.30. The Bertz CT molecular complexity index is 1250. The van der Waals surface area contributed by atoms with Crippen molar-refractivity contribution in [2.45, 2.75) is 18.6 Å². The quantitative estimate of drug-likeness (QED) is 0.365. The largest absolute Gasteiger partial charge is 0.449 e. The molecule has 2 amide bonds. The molecule has 0 bridgehead atoms. The summed E-state index contributed by atoms with van der Waals surface area (Å²) in [6.07, 6.45) is -4.54. The van der Waals surface area contributed by atoms with Crippen molar-refractivity contribution in [1.29, 1.82) is 0 Å². The number of amides is 2. The van der Waals surface area contributed by atoms with Crippen LogP contribution in [0.15, 0.2) is 65.4 Å². The summed E-state index contributed by atoms with van der Waals surface area (Å²) in [5, 5.41) is 9.12. The first kappa shape index (κ1) is 22.5. The second kappa shape index (κ2) is 9.45. The first-order chi connectivity index (χ1) is 15.8. The number of carbonyl (C=O) groups is 2. The molecular weight excluding hydrogens is 453 g/mol. The molecule has 0 radical (unpaired) electrons. The number of nitrogens with zero attached hydrogens (tertiary/aromatic N) is 1. The topological polar surface area (TPSA) is 86.9 Å². The lowest BCUT2D eigenvalue weighted by molar-refractivity contribution is -0.144. The third-order valence-corrected chi connectivity index (χ3v) is 5.65. The molecule has 10 heteroatoms. The number of nitrogens with one attached hydrogen (secondary N) is 3. The summed E-state index contributed by atoms with van der Waals surface area (Å²) < 4.78 is 39.0.